The Labute approximate surface area is 61.2 Å². The third-order valence-electron chi connectivity index (χ3n) is 2.13. The minimum atomic E-state index is -0.0741. The monoisotopic (exact) mass is 142 g/mol. The number of aliphatic hydroxyl groups excluding tert-OH is 1. The van der Waals surface area contributed by atoms with Gasteiger partial charge in [0.2, 0.25) is 0 Å². The molecule has 1 atom stereocenters. The van der Waals surface area contributed by atoms with Crippen molar-refractivity contribution in [2.45, 2.75) is 26.7 Å². The molecule has 0 saturated heterocycles. The highest BCUT2D eigenvalue weighted by atomic mass is 16.3. The van der Waals surface area contributed by atoms with Gasteiger partial charge in [0, 0.05) is 12.3 Å². The smallest absolute Gasteiger partial charge is 0.138 e. The van der Waals surface area contributed by atoms with Crippen LogP contribution in [0.1, 0.15) is 26.7 Å². The summed E-state index contributed by atoms with van der Waals surface area (Å²) >= 11 is 0. The molecule has 1 N–H and O–H groups in total. The quantitative estimate of drug-likeness (QED) is 0.592. The average molecular weight is 142 g/mol. The van der Waals surface area contributed by atoms with Crippen molar-refractivity contribution in [2.75, 3.05) is 6.61 Å². The second-order valence-electron chi connectivity index (χ2n) is 3.89. The van der Waals surface area contributed by atoms with Crippen LogP contribution in [0, 0.1) is 11.3 Å². The topological polar surface area (TPSA) is 37.3 Å². The second kappa shape index (κ2) is 2.35. The van der Waals surface area contributed by atoms with Crippen molar-refractivity contribution < 1.29 is 9.90 Å². The number of carbonyl (C=O) groups excluding carboxylic acids is 1. The van der Waals surface area contributed by atoms with Crippen LogP contribution in [0.4, 0.5) is 0 Å². The SMILES string of the molecule is CC1(C)CC(=O)C(CO)C1. The van der Waals surface area contributed by atoms with Gasteiger partial charge in [-0.1, -0.05) is 13.8 Å². The summed E-state index contributed by atoms with van der Waals surface area (Å²) in [5, 5.41) is 8.75. The van der Waals surface area contributed by atoms with Gasteiger partial charge in [0.05, 0.1) is 6.61 Å². The summed E-state index contributed by atoms with van der Waals surface area (Å²) in [6, 6.07) is 0. The average Bonchev–Trinajstić information content (AvgIpc) is 2.05. The van der Waals surface area contributed by atoms with Crippen LogP contribution in [0.15, 0.2) is 0 Å². The number of ketones is 1. The van der Waals surface area contributed by atoms with E-state index >= 15 is 0 Å². The van der Waals surface area contributed by atoms with Crippen molar-refractivity contribution >= 4 is 5.78 Å². The van der Waals surface area contributed by atoms with Gasteiger partial charge in [-0.25, -0.2) is 0 Å². The highest BCUT2D eigenvalue weighted by molar-refractivity contribution is 5.84. The third-order valence-corrected chi connectivity index (χ3v) is 2.13. The van der Waals surface area contributed by atoms with Crippen molar-refractivity contribution in [1.82, 2.24) is 0 Å². The molecule has 1 saturated carbocycles. The number of rotatable bonds is 1. The number of aliphatic hydroxyl groups is 1. The molecular formula is C8H14O2. The van der Waals surface area contributed by atoms with Crippen molar-refractivity contribution in [3.8, 4) is 0 Å². The van der Waals surface area contributed by atoms with E-state index in [0.29, 0.717) is 6.42 Å². The van der Waals surface area contributed by atoms with E-state index in [0.717, 1.165) is 6.42 Å². The molecule has 1 rings (SSSR count). The lowest BCUT2D eigenvalue weighted by atomic mass is 9.91. The van der Waals surface area contributed by atoms with Gasteiger partial charge in [-0.05, 0) is 11.8 Å². The Bertz CT molecular complexity index is 149. The molecule has 1 aliphatic carbocycles. The largest absolute Gasteiger partial charge is 0.396 e. The van der Waals surface area contributed by atoms with Gasteiger partial charge in [0.15, 0.2) is 0 Å². The molecular weight excluding hydrogens is 128 g/mol. The van der Waals surface area contributed by atoms with Crippen LogP contribution < -0.4 is 0 Å². The molecule has 1 aliphatic rings. The first-order valence-corrected chi connectivity index (χ1v) is 3.69. The Balaban J connectivity index is 2.61. The van der Waals surface area contributed by atoms with Crippen LogP contribution in [0.3, 0.4) is 0 Å². The molecule has 1 fully saturated rings. The molecule has 2 heteroatoms. The standard InChI is InChI=1S/C8H14O2/c1-8(2)3-6(5-9)7(10)4-8/h6,9H,3-5H2,1-2H3. The fraction of sp³-hybridized carbons (Fsp3) is 0.875. The summed E-state index contributed by atoms with van der Waals surface area (Å²) in [4.78, 5) is 11.1. The van der Waals surface area contributed by atoms with Gasteiger partial charge in [0.25, 0.3) is 0 Å². The Kier molecular flexibility index (Phi) is 1.82. The first-order chi connectivity index (χ1) is 4.55. The lowest BCUT2D eigenvalue weighted by molar-refractivity contribution is -0.121. The molecule has 10 heavy (non-hydrogen) atoms. The van der Waals surface area contributed by atoms with Crippen LogP contribution in [0.2, 0.25) is 0 Å². The predicted molar refractivity (Wildman–Crippen MR) is 38.6 cm³/mol. The van der Waals surface area contributed by atoms with Crippen molar-refractivity contribution in [3.63, 3.8) is 0 Å². The first kappa shape index (κ1) is 7.73. The Morgan fingerprint density at radius 3 is 2.50 bits per heavy atom. The van der Waals surface area contributed by atoms with Gasteiger partial charge in [-0.3, -0.25) is 4.79 Å². The normalized spacial score (nSPS) is 31.1. The Morgan fingerprint density at radius 1 is 1.70 bits per heavy atom. The molecule has 0 aromatic heterocycles. The van der Waals surface area contributed by atoms with Crippen molar-refractivity contribution in [2.24, 2.45) is 11.3 Å². The number of Topliss-reactive ketones (excluding diaryl/α,β-unsaturated/α-hetero) is 1. The molecule has 0 radical (unpaired) electrons. The third kappa shape index (κ3) is 1.37. The van der Waals surface area contributed by atoms with Crippen molar-refractivity contribution in [1.29, 1.82) is 0 Å². The summed E-state index contributed by atoms with van der Waals surface area (Å²) < 4.78 is 0. The minimum Gasteiger partial charge on any atom is -0.396 e. The summed E-state index contributed by atoms with van der Waals surface area (Å²) in [5.41, 5.74) is 0.129. The van der Waals surface area contributed by atoms with E-state index in [1.54, 1.807) is 0 Å². The Morgan fingerprint density at radius 2 is 2.30 bits per heavy atom. The van der Waals surface area contributed by atoms with Gasteiger partial charge >= 0.3 is 0 Å². The molecule has 2 nitrogen and oxygen atoms in total. The zero-order chi connectivity index (χ0) is 7.78. The summed E-state index contributed by atoms with van der Waals surface area (Å²) in [6.45, 7) is 4.17. The summed E-state index contributed by atoms with van der Waals surface area (Å²) in [5.74, 6) is 0.155. The van der Waals surface area contributed by atoms with E-state index in [1.807, 2.05) is 0 Å². The molecule has 0 heterocycles. The predicted octanol–water partition coefficient (Wildman–Crippen LogP) is 0.984. The first-order valence-electron chi connectivity index (χ1n) is 3.69. The van der Waals surface area contributed by atoms with E-state index in [1.165, 1.54) is 0 Å². The van der Waals surface area contributed by atoms with Crippen LogP contribution in [0.5, 0.6) is 0 Å². The van der Waals surface area contributed by atoms with E-state index < -0.39 is 0 Å². The Hall–Kier alpha value is -0.370. The van der Waals surface area contributed by atoms with E-state index in [9.17, 15) is 4.79 Å². The van der Waals surface area contributed by atoms with E-state index in [-0.39, 0.29) is 23.7 Å². The van der Waals surface area contributed by atoms with Crippen LogP contribution in [-0.4, -0.2) is 17.5 Å². The van der Waals surface area contributed by atoms with Gasteiger partial charge in [-0.2, -0.15) is 0 Å². The molecule has 0 amide bonds. The highest BCUT2D eigenvalue weighted by Gasteiger charge is 2.37. The van der Waals surface area contributed by atoms with Gasteiger partial charge in [0.1, 0.15) is 5.78 Å². The number of hydrogen-bond acceptors (Lipinski definition) is 2. The van der Waals surface area contributed by atoms with Crippen molar-refractivity contribution in [3.05, 3.63) is 0 Å². The van der Waals surface area contributed by atoms with Gasteiger partial charge < -0.3 is 5.11 Å². The fourth-order valence-corrected chi connectivity index (χ4v) is 1.64. The zero-order valence-corrected chi connectivity index (χ0v) is 6.55. The fourth-order valence-electron chi connectivity index (χ4n) is 1.64. The molecule has 1 unspecified atom stereocenters. The number of hydrogen-bond donors (Lipinski definition) is 1. The molecule has 0 aromatic rings. The van der Waals surface area contributed by atoms with E-state index in [2.05, 4.69) is 13.8 Å². The van der Waals surface area contributed by atoms with Crippen LogP contribution >= 0.6 is 0 Å². The maximum atomic E-state index is 11.1. The molecule has 58 valence electrons. The molecule has 0 spiro atoms. The maximum absolute atomic E-state index is 11.1. The van der Waals surface area contributed by atoms with Crippen LogP contribution in [0.25, 0.3) is 0 Å². The van der Waals surface area contributed by atoms with Gasteiger partial charge in [-0.15, -0.1) is 0 Å². The lowest BCUT2D eigenvalue weighted by Gasteiger charge is -2.14. The van der Waals surface area contributed by atoms with E-state index in [4.69, 9.17) is 5.11 Å². The highest BCUT2D eigenvalue weighted by Crippen LogP contribution is 2.37. The molecule has 0 bridgehead atoms. The second-order valence-corrected chi connectivity index (χ2v) is 3.89. The summed E-state index contributed by atoms with van der Waals surface area (Å²) in [6.07, 6.45) is 1.49. The number of carbonyl (C=O) groups is 1. The summed E-state index contributed by atoms with van der Waals surface area (Å²) in [7, 11) is 0. The lowest BCUT2D eigenvalue weighted by Crippen LogP contribution is -2.10. The zero-order valence-electron chi connectivity index (χ0n) is 6.55. The maximum Gasteiger partial charge on any atom is 0.138 e. The molecule has 0 aromatic carbocycles. The minimum absolute atomic E-state index is 0.0300. The van der Waals surface area contributed by atoms with Crippen LogP contribution in [-0.2, 0) is 4.79 Å². The molecule has 0 aliphatic heterocycles.